The normalized spacial score (nSPS) is 15.5. The third kappa shape index (κ3) is 4.61. The number of methoxy groups -OCH3 is 1. The molecule has 6 heteroatoms. The SMILES string of the molecule is COc1ccc(NC(=O)c2cc(F)ccc2Cl)c(C(=O)C2CCCc3c2ccc2c3CCc3ccccc3-2)c1. The molecule has 6 rings (SSSR count). The van der Waals surface area contributed by atoms with Crippen molar-refractivity contribution in [1.82, 2.24) is 0 Å². The summed E-state index contributed by atoms with van der Waals surface area (Å²) in [5.74, 6) is -1.06. The Morgan fingerprint density at radius 1 is 0.897 bits per heavy atom. The summed E-state index contributed by atoms with van der Waals surface area (Å²) in [5.41, 5.74) is 8.31. The van der Waals surface area contributed by atoms with Crippen LogP contribution in [0.5, 0.6) is 5.75 Å². The number of amides is 1. The van der Waals surface area contributed by atoms with Gasteiger partial charge in [-0.1, -0.05) is 48.0 Å². The van der Waals surface area contributed by atoms with Crippen LogP contribution >= 0.6 is 11.6 Å². The van der Waals surface area contributed by atoms with Crippen molar-refractivity contribution in [2.24, 2.45) is 0 Å². The maximum absolute atomic E-state index is 14.2. The number of nitrogens with one attached hydrogen (secondary N) is 1. The van der Waals surface area contributed by atoms with E-state index in [0.29, 0.717) is 17.0 Å². The molecule has 4 aromatic carbocycles. The monoisotopic (exact) mass is 539 g/mol. The number of anilines is 1. The average molecular weight is 540 g/mol. The van der Waals surface area contributed by atoms with Gasteiger partial charge in [0.1, 0.15) is 11.6 Å². The maximum atomic E-state index is 14.2. The minimum Gasteiger partial charge on any atom is -0.497 e. The lowest BCUT2D eigenvalue weighted by Gasteiger charge is -2.31. The Morgan fingerprint density at radius 3 is 2.59 bits per heavy atom. The van der Waals surface area contributed by atoms with Gasteiger partial charge < -0.3 is 10.1 Å². The molecule has 1 N–H and O–H groups in total. The van der Waals surface area contributed by atoms with Gasteiger partial charge >= 0.3 is 0 Å². The van der Waals surface area contributed by atoms with E-state index >= 15 is 0 Å². The molecule has 0 aliphatic heterocycles. The number of halogens is 2. The molecule has 0 bridgehead atoms. The zero-order valence-corrected chi connectivity index (χ0v) is 22.3. The zero-order valence-electron chi connectivity index (χ0n) is 21.5. The standard InChI is InChI=1S/C33H27ClFNO3/c1-39-21-11-16-31(36-33(38)28-17-20(35)10-15-30(28)34)29(18-21)32(37)27-8-4-7-23-25-12-9-19-5-2-3-6-22(19)24(25)13-14-26(23)27/h2-3,5-6,10-11,13-18,27H,4,7-9,12H2,1H3,(H,36,38). The second-order valence-corrected chi connectivity index (χ2v) is 10.5. The highest BCUT2D eigenvalue weighted by Gasteiger charge is 2.32. The second-order valence-electron chi connectivity index (χ2n) is 10.1. The largest absolute Gasteiger partial charge is 0.497 e. The predicted octanol–water partition coefficient (Wildman–Crippen LogP) is 7.81. The number of ether oxygens (including phenoxy) is 1. The Hall–Kier alpha value is -3.96. The van der Waals surface area contributed by atoms with Crippen LogP contribution in [0.15, 0.2) is 72.8 Å². The van der Waals surface area contributed by atoms with Gasteiger partial charge in [0.25, 0.3) is 5.91 Å². The van der Waals surface area contributed by atoms with Crippen LogP contribution in [0, 0.1) is 5.82 Å². The van der Waals surface area contributed by atoms with Crippen LogP contribution in [0.2, 0.25) is 5.02 Å². The van der Waals surface area contributed by atoms with Crippen LogP contribution in [0.25, 0.3) is 11.1 Å². The van der Waals surface area contributed by atoms with Crippen LogP contribution in [0.4, 0.5) is 10.1 Å². The molecule has 196 valence electrons. The molecule has 1 unspecified atom stereocenters. The molecule has 4 aromatic rings. The number of fused-ring (bicyclic) bond motifs is 5. The van der Waals surface area contributed by atoms with Crippen molar-refractivity contribution in [2.45, 2.75) is 38.0 Å². The molecule has 0 saturated heterocycles. The summed E-state index contributed by atoms with van der Waals surface area (Å²) in [6, 6.07) is 21.4. The lowest BCUT2D eigenvalue weighted by molar-refractivity contribution is 0.0951. The lowest BCUT2D eigenvalue weighted by Crippen LogP contribution is -2.23. The number of aryl methyl sites for hydroxylation is 1. The number of carbonyl (C=O) groups is 2. The van der Waals surface area contributed by atoms with Crippen LogP contribution in [-0.4, -0.2) is 18.8 Å². The van der Waals surface area contributed by atoms with Crippen LogP contribution < -0.4 is 10.1 Å². The average Bonchev–Trinajstić information content (AvgIpc) is 2.97. The van der Waals surface area contributed by atoms with E-state index in [9.17, 15) is 14.0 Å². The summed E-state index contributed by atoms with van der Waals surface area (Å²) in [5, 5.41) is 2.91. The van der Waals surface area contributed by atoms with E-state index in [0.717, 1.165) is 43.7 Å². The second kappa shape index (κ2) is 10.3. The van der Waals surface area contributed by atoms with Gasteiger partial charge in [-0.3, -0.25) is 9.59 Å². The Balaban J connectivity index is 1.37. The molecule has 2 aliphatic carbocycles. The summed E-state index contributed by atoms with van der Waals surface area (Å²) in [6.45, 7) is 0. The number of ketones is 1. The van der Waals surface area contributed by atoms with Crippen molar-refractivity contribution in [3.8, 4) is 16.9 Å². The van der Waals surface area contributed by atoms with Crippen molar-refractivity contribution >= 4 is 29.0 Å². The van der Waals surface area contributed by atoms with Gasteiger partial charge in [0.05, 0.1) is 23.4 Å². The van der Waals surface area contributed by atoms with E-state index in [4.69, 9.17) is 16.3 Å². The van der Waals surface area contributed by atoms with E-state index in [1.807, 2.05) is 0 Å². The Morgan fingerprint density at radius 2 is 1.74 bits per heavy atom. The van der Waals surface area contributed by atoms with E-state index < -0.39 is 11.7 Å². The van der Waals surface area contributed by atoms with Crippen molar-refractivity contribution in [3.05, 3.63) is 117 Å². The fourth-order valence-corrected chi connectivity index (χ4v) is 6.26. The van der Waals surface area contributed by atoms with Gasteiger partial charge in [0.15, 0.2) is 5.78 Å². The fourth-order valence-electron chi connectivity index (χ4n) is 6.05. The molecule has 1 atom stereocenters. The molecule has 0 fully saturated rings. The molecule has 0 saturated carbocycles. The molecular weight excluding hydrogens is 513 g/mol. The summed E-state index contributed by atoms with van der Waals surface area (Å²) >= 11 is 6.16. The number of hydrogen-bond acceptors (Lipinski definition) is 3. The van der Waals surface area contributed by atoms with Gasteiger partial charge in [-0.05, 0) is 102 Å². The Kier molecular flexibility index (Phi) is 6.69. The van der Waals surface area contributed by atoms with Crippen LogP contribution in [-0.2, 0) is 19.3 Å². The topological polar surface area (TPSA) is 55.4 Å². The Labute approximate surface area is 231 Å². The molecule has 0 heterocycles. The van der Waals surface area contributed by atoms with Gasteiger partial charge in [-0.25, -0.2) is 4.39 Å². The number of rotatable bonds is 5. The first-order chi connectivity index (χ1) is 18.9. The first-order valence-corrected chi connectivity index (χ1v) is 13.5. The van der Waals surface area contributed by atoms with Gasteiger partial charge in [-0.2, -0.15) is 0 Å². The molecule has 1 amide bonds. The van der Waals surface area contributed by atoms with E-state index in [1.54, 1.807) is 18.2 Å². The number of hydrogen-bond donors (Lipinski definition) is 1. The predicted molar refractivity (Wildman–Crippen MR) is 152 cm³/mol. The zero-order chi connectivity index (χ0) is 27.1. The quantitative estimate of drug-likeness (QED) is 0.263. The summed E-state index contributed by atoms with van der Waals surface area (Å²) < 4.78 is 19.2. The highest BCUT2D eigenvalue weighted by atomic mass is 35.5. The van der Waals surface area contributed by atoms with E-state index in [-0.39, 0.29) is 22.3 Å². The molecule has 0 aromatic heterocycles. The molecule has 4 nitrogen and oxygen atoms in total. The number of Topliss-reactive ketones (excluding diaryl/α,β-unsaturated/α-hetero) is 1. The maximum Gasteiger partial charge on any atom is 0.257 e. The summed E-state index contributed by atoms with van der Waals surface area (Å²) in [7, 11) is 1.54. The highest BCUT2D eigenvalue weighted by molar-refractivity contribution is 6.34. The molecule has 2 aliphatic rings. The molecular formula is C33H27ClFNO3. The van der Waals surface area contributed by atoms with Crippen LogP contribution in [0.1, 0.15) is 61.7 Å². The van der Waals surface area contributed by atoms with E-state index in [2.05, 4.69) is 41.7 Å². The van der Waals surface area contributed by atoms with Gasteiger partial charge in [0, 0.05) is 11.5 Å². The first-order valence-electron chi connectivity index (χ1n) is 13.2. The van der Waals surface area contributed by atoms with Crippen molar-refractivity contribution in [1.29, 1.82) is 0 Å². The molecule has 39 heavy (non-hydrogen) atoms. The number of carbonyl (C=O) groups excluding carboxylic acids is 2. The van der Waals surface area contributed by atoms with Gasteiger partial charge in [-0.15, -0.1) is 0 Å². The minimum atomic E-state index is -0.588. The highest BCUT2D eigenvalue weighted by Crippen LogP contribution is 2.43. The lowest BCUT2D eigenvalue weighted by atomic mass is 9.73. The van der Waals surface area contributed by atoms with Crippen molar-refractivity contribution in [2.75, 3.05) is 12.4 Å². The minimum absolute atomic E-state index is 0.000745. The van der Waals surface area contributed by atoms with Gasteiger partial charge in [0.2, 0.25) is 0 Å². The smallest absolute Gasteiger partial charge is 0.257 e. The summed E-state index contributed by atoms with van der Waals surface area (Å²) in [4.78, 5) is 27.2. The van der Waals surface area contributed by atoms with Crippen molar-refractivity contribution < 1.29 is 18.7 Å². The fraction of sp³-hybridized carbons (Fsp3) is 0.212. The first kappa shape index (κ1) is 25.3. The third-order valence-electron chi connectivity index (χ3n) is 7.94. The third-order valence-corrected chi connectivity index (χ3v) is 8.27. The molecule has 0 radical (unpaired) electrons. The summed E-state index contributed by atoms with van der Waals surface area (Å²) in [6.07, 6.45) is 4.54. The molecule has 0 spiro atoms. The Bertz CT molecular complexity index is 1630. The van der Waals surface area contributed by atoms with Crippen molar-refractivity contribution in [3.63, 3.8) is 0 Å². The van der Waals surface area contributed by atoms with E-state index in [1.165, 1.54) is 47.1 Å². The number of benzene rings is 4. The van der Waals surface area contributed by atoms with Crippen LogP contribution in [0.3, 0.4) is 0 Å².